The summed E-state index contributed by atoms with van der Waals surface area (Å²) in [5.74, 6) is -0.625. The van der Waals surface area contributed by atoms with Crippen LogP contribution in [0.4, 0.5) is 5.69 Å². The van der Waals surface area contributed by atoms with Gasteiger partial charge in [0.25, 0.3) is 0 Å². The number of fused-ring (bicyclic) bond motifs is 2. The molecule has 2 N–H and O–H groups in total. The Hall–Kier alpha value is -3.41. The highest BCUT2D eigenvalue weighted by Crippen LogP contribution is 2.36. The van der Waals surface area contributed by atoms with E-state index in [9.17, 15) is 9.90 Å². The quantitative estimate of drug-likeness (QED) is 0.517. The number of rotatable bonds is 2. The lowest BCUT2D eigenvalue weighted by molar-refractivity contribution is 0.0970. The molecule has 0 atom stereocenters. The molecule has 2 aromatic heterocycles. The predicted molar refractivity (Wildman–Crippen MR) is 89.8 cm³/mol. The summed E-state index contributed by atoms with van der Waals surface area (Å²) in [6.07, 6.45) is 0. The van der Waals surface area contributed by atoms with Crippen molar-refractivity contribution in [1.82, 2.24) is 4.98 Å². The van der Waals surface area contributed by atoms with E-state index in [0.717, 1.165) is 16.5 Å². The van der Waals surface area contributed by atoms with Gasteiger partial charge in [0.2, 0.25) is 5.88 Å². The van der Waals surface area contributed by atoms with Crippen LogP contribution >= 0.6 is 0 Å². The van der Waals surface area contributed by atoms with Gasteiger partial charge in [-0.3, -0.25) is 4.79 Å². The summed E-state index contributed by atoms with van der Waals surface area (Å²) in [4.78, 5) is 15.0. The van der Waals surface area contributed by atoms with Crippen LogP contribution in [0.25, 0.3) is 21.9 Å². The third-order valence-corrected chi connectivity index (χ3v) is 3.78. The van der Waals surface area contributed by atoms with Crippen molar-refractivity contribution in [3.63, 3.8) is 0 Å². The number of aromatic nitrogens is 1. The summed E-state index contributed by atoms with van der Waals surface area (Å²) in [6.45, 7) is 1.93. The van der Waals surface area contributed by atoms with Gasteiger partial charge in [-0.15, -0.1) is 10.2 Å². The first kappa shape index (κ1) is 14.2. The number of para-hydroxylation sites is 1. The number of hydrogen-bond donors (Lipinski definition) is 2. The molecular formula is C18H13N3O3. The van der Waals surface area contributed by atoms with Gasteiger partial charge < -0.3 is 14.5 Å². The molecule has 6 nitrogen and oxygen atoms in total. The van der Waals surface area contributed by atoms with Crippen LogP contribution in [0.1, 0.15) is 16.1 Å². The molecule has 0 aliphatic heterocycles. The molecule has 2 heterocycles. The van der Waals surface area contributed by atoms with E-state index in [1.807, 2.05) is 43.3 Å². The zero-order valence-electron chi connectivity index (χ0n) is 12.8. The summed E-state index contributed by atoms with van der Waals surface area (Å²) in [7, 11) is 0. The fourth-order valence-electron chi connectivity index (χ4n) is 2.61. The maximum Gasteiger partial charge on any atom is 0.331 e. The first-order chi connectivity index (χ1) is 11.6. The maximum atomic E-state index is 12.2. The van der Waals surface area contributed by atoms with Crippen molar-refractivity contribution in [3.8, 4) is 5.88 Å². The maximum absolute atomic E-state index is 12.2. The zero-order chi connectivity index (χ0) is 16.7. The van der Waals surface area contributed by atoms with E-state index < -0.39 is 5.91 Å². The van der Waals surface area contributed by atoms with Crippen molar-refractivity contribution in [2.24, 2.45) is 10.2 Å². The number of furan rings is 1. The van der Waals surface area contributed by atoms with Crippen molar-refractivity contribution in [3.05, 3.63) is 59.9 Å². The second-order valence-electron chi connectivity index (χ2n) is 5.52. The van der Waals surface area contributed by atoms with Gasteiger partial charge in [0.15, 0.2) is 11.4 Å². The third-order valence-electron chi connectivity index (χ3n) is 3.78. The number of nitrogens with zero attached hydrogens (tertiary/aromatic N) is 2. The fourth-order valence-corrected chi connectivity index (χ4v) is 2.61. The molecule has 0 saturated heterocycles. The van der Waals surface area contributed by atoms with Crippen LogP contribution in [0.2, 0.25) is 0 Å². The highest BCUT2D eigenvalue weighted by atomic mass is 16.3. The Bertz CT molecular complexity index is 1070. The lowest BCUT2D eigenvalue weighted by Crippen LogP contribution is -1.89. The normalized spacial score (nSPS) is 11.7. The van der Waals surface area contributed by atoms with E-state index in [1.165, 1.54) is 0 Å². The Labute approximate surface area is 136 Å². The van der Waals surface area contributed by atoms with Crippen LogP contribution in [-0.2, 0) is 0 Å². The van der Waals surface area contributed by atoms with E-state index >= 15 is 0 Å². The summed E-state index contributed by atoms with van der Waals surface area (Å²) < 4.78 is 5.46. The van der Waals surface area contributed by atoms with Gasteiger partial charge in [-0.05, 0) is 31.2 Å². The molecule has 0 saturated carbocycles. The molecule has 0 fully saturated rings. The van der Waals surface area contributed by atoms with Crippen LogP contribution in [0.5, 0.6) is 5.88 Å². The van der Waals surface area contributed by atoms with Gasteiger partial charge in [-0.1, -0.05) is 29.8 Å². The number of carbonyl (C=O) groups excluding carboxylic acids is 1. The summed E-state index contributed by atoms with van der Waals surface area (Å²) in [5, 5.41) is 19.1. The average molecular weight is 319 g/mol. The molecule has 6 heteroatoms. The van der Waals surface area contributed by atoms with E-state index in [-0.39, 0.29) is 17.3 Å². The van der Waals surface area contributed by atoms with Gasteiger partial charge in [0.1, 0.15) is 5.58 Å². The SMILES string of the molecule is Cc1ccc2[nH]c(O)c(N=NC(=O)c3cc4ccccc4o3)c2c1. The molecule has 24 heavy (non-hydrogen) atoms. The first-order valence-corrected chi connectivity index (χ1v) is 7.38. The smallest absolute Gasteiger partial charge is 0.331 e. The highest BCUT2D eigenvalue weighted by molar-refractivity contribution is 5.98. The minimum atomic E-state index is -0.604. The molecule has 118 valence electrons. The second-order valence-corrected chi connectivity index (χ2v) is 5.52. The number of aromatic amines is 1. The van der Waals surface area contributed by atoms with E-state index in [2.05, 4.69) is 15.2 Å². The van der Waals surface area contributed by atoms with Crippen LogP contribution in [0.3, 0.4) is 0 Å². The number of hydrogen-bond acceptors (Lipinski definition) is 4. The Balaban J connectivity index is 1.70. The monoisotopic (exact) mass is 319 g/mol. The number of benzene rings is 2. The molecule has 1 amide bonds. The summed E-state index contributed by atoms with van der Waals surface area (Å²) in [6, 6.07) is 14.6. The van der Waals surface area contributed by atoms with Crippen molar-refractivity contribution in [1.29, 1.82) is 0 Å². The molecule has 0 aliphatic carbocycles. The standard InChI is InChI=1S/C18H13N3O3/c1-10-6-7-13-12(8-10)16(18(23)19-13)20-21-17(22)15-9-11-4-2-3-5-14(11)24-15/h2-9,19,23H,1H3. The van der Waals surface area contributed by atoms with Crippen LogP contribution in [0, 0.1) is 6.92 Å². The molecule has 0 radical (unpaired) electrons. The Kier molecular flexibility index (Phi) is 3.16. The molecule has 4 aromatic rings. The number of nitrogens with one attached hydrogen (secondary N) is 1. The fraction of sp³-hybridized carbons (Fsp3) is 0.0556. The van der Waals surface area contributed by atoms with Gasteiger partial charge in [-0.2, -0.15) is 0 Å². The lowest BCUT2D eigenvalue weighted by Gasteiger charge is -1.93. The third kappa shape index (κ3) is 2.34. The largest absolute Gasteiger partial charge is 0.493 e. The van der Waals surface area contributed by atoms with E-state index in [0.29, 0.717) is 11.0 Å². The number of carbonyl (C=O) groups is 1. The van der Waals surface area contributed by atoms with Crippen molar-refractivity contribution in [2.45, 2.75) is 6.92 Å². The van der Waals surface area contributed by atoms with Crippen molar-refractivity contribution in [2.75, 3.05) is 0 Å². The Morgan fingerprint density at radius 3 is 2.83 bits per heavy atom. The van der Waals surface area contributed by atoms with E-state index in [1.54, 1.807) is 12.1 Å². The van der Waals surface area contributed by atoms with Crippen LogP contribution in [0.15, 0.2) is 63.2 Å². The van der Waals surface area contributed by atoms with Crippen LogP contribution < -0.4 is 0 Å². The molecule has 0 aliphatic rings. The second kappa shape index (κ2) is 5.34. The molecule has 0 bridgehead atoms. The Morgan fingerprint density at radius 1 is 1.17 bits per heavy atom. The summed E-state index contributed by atoms with van der Waals surface area (Å²) >= 11 is 0. The predicted octanol–water partition coefficient (Wildman–Crippen LogP) is 4.85. The van der Waals surface area contributed by atoms with Gasteiger partial charge >= 0.3 is 5.91 Å². The molecule has 2 aromatic carbocycles. The van der Waals surface area contributed by atoms with Gasteiger partial charge in [0, 0.05) is 10.8 Å². The average Bonchev–Trinajstić information content (AvgIpc) is 3.13. The zero-order valence-corrected chi connectivity index (χ0v) is 12.8. The first-order valence-electron chi connectivity index (χ1n) is 7.38. The van der Waals surface area contributed by atoms with Gasteiger partial charge in [-0.25, -0.2) is 0 Å². The highest BCUT2D eigenvalue weighted by Gasteiger charge is 2.14. The van der Waals surface area contributed by atoms with E-state index in [4.69, 9.17) is 4.42 Å². The minimum absolute atomic E-state index is 0.107. The molecule has 0 spiro atoms. The topological polar surface area (TPSA) is 91.0 Å². The summed E-state index contributed by atoms with van der Waals surface area (Å²) in [5.41, 5.74) is 2.59. The van der Waals surface area contributed by atoms with Gasteiger partial charge in [0.05, 0.1) is 5.52 Å². The number of aryl methyl sites for hydroxylation is 1. The minimum Gasteiger partial charge on any atom is -0.493 e. The van der Waals surface area contributed by atoms with Crippen LogP contribution in [-0.4, -0.2) is 16.0 Å². The number of aromatic hydroxyl groups is 1. The molecule has 0 unspecified atom stereocenters. The molecular weight excluding hydrogens is 306 g/mol. The van der Waals surface area contributed by atoms with Crippen molar-refractivity contribution < 1.29 is 14.3 Å². The van der Waals surface area contributed by atoms with Crippen molar-refractivity contribution >= 4 is 33.5 Å². The lowest BCUT2D eigenvalue weighted by atomic mass is 10.2. The Morgan fingerprint density at radius 2 is 2.00 bits per heavy atom. The number of H-pyrrole nitrogens is 1. The number of azo groups is 1. The number of amides is 1. The molecule has 4 rings (SSSR count).